The summed E-state index contributed by atoms with van der Waals surface area (Å²) in [5.41, 5.74) is 3.05. The fourth-order valence-electron chi connectivity index (χ4n) is 4.32. The van der Waals surface area contributed by atoms with Crippen molar-refractivity contribution in [3.05, 3.63) is 52.6 Å². The molecule has 0 aliphatic carbocycles. The maximum absolute atomic E-state index is 13.0. The van der Waals surface area contributed by atoms with Crippen LogP contribution < -0.4 is 5.32 Å². The maximum atomic E-state index is 13.0. The molecule has 0 radical (unpaired) electrons. The molecule has 1 N–H and O–H groups in total. The third kappa shape index (κ3) is 4.81. The van der Waals surface area contributed by atoms with E-state index in [-0.39, 0.29) is 42.9 Å². The average Bonchev–Trinajstić information content (AvgIpc) is 3.45. The van der Waals surface area contributed by atoms with Gasteiger partial charge in [0.15, 0.2) is 5.69 Å². The predicted molar refractivity (Wildman–Crippen MR) is 115 cm³/mol. The Balaban J connectivity index is 1.32. The van der Waals surface area contributed by atoms with Gasteiger partial charge in [-0.15, -0.1) is 0 Å². The van der Waals surface area contributed by atoms with E-state index < -0.39 is 0 Å². The lowest BCUT2D eigenvalue weighted by atomic mass is 10.0. The van der Waals surface area contributed by atoms with E-state index in [9.17, 15) is 18.8 Å². The van der Waals surface area contributed by atoms with Gasteiger partial charge in [0.2, 0.25) is 11.8 Å². The average molecular weight is 442 g/mol. The largest absolute Gasteiger partial charge is 0.352 e. The van der Waals surface area contributed by atoms with Gasteiger partial charge in [-0.3, -0.25) is 19.1 Å². The Morgan fingerprint density at radius 2 is 1.75 bits per heavy atom. The number of likely N-dealkylation sites (tertiary alicyclic amines) is 1. The standard InChI is InChI=1S/C23H28FN5O3/c1-27-19-10-13-29(15-18(19)22(26-27)23(32)28-11-2-3-12-28)21(31)9-8-20(30)25-14-16-4-6-17(24)7-5-16/h4-7H,2-3,8-15H2,1H3,(H,25,30). The van der Waals surface area contributed by atoms with Gasteiger partial charge in [-0.25, -0.2) is 4.39 Å². The zero-order valence-electron chi connectivity index (χ0n) is 18.3. The predicted octanol–water partition coefficient (Wildman–Crippen LogP) is 1.78. The highest BCUT2D eigenvalue weighted by atomic mass is 19.1. The third-order valence-corrected chi connectivity index (χ3v) is 6.16. The summed E-state index contributed by atoms with van der Waals surface area (Å²) in [7, 11) is 1.84. The highest BCUT2D eigenvalue weighted by Crippen LogP contribution is 2.25. The van der Waals surface area contributed by atoms with Crippen LogP contribution in [0.4, 0.5) is 4.39 Å². The van der Waals surface area contributed by atoms with Crippen molar-refractivity contribution in [2.45, 2.75) is 45.2 Å². The highest BCUT2D eigenvalue weighted by Gasteiger charge is 2.31. The van der Waals surface area contributed by atoms with Crippen LogP contribution in [0.15, 0.2) is 24.3 Å². The fourth-order valence-corrected chi connectivity index (χ4v) is 4.32. The van der Waals surface area contributed by atoms with E-state index in [2.05, 4.69) is 10.4 Å². The SMILES string of the molecule is Cn1nc(C(=O)N2CCCC2)c2c1CCN(C(=O)CCC(=O)NCc1ccc(F)cc1)C2. The molecule has 1 saturated heterocycles. The fraction of sp³-hybridized carbons (Fsp3) is 0.478. The molecule has 2 aromatic rings. The Bertz CT molecular complexity index is 1010. The molecular weight excluding hydrogens is 413 g/mol. The van der Waals surface area contributed by atoms with Crippen LogP contribution in [0, 0.1) is 5.82 Å². The number of rotatable bonds is 6. The van der Waals surface area contributed by atoms with Gasteiger partial charge in [-0.2, -0.15) is 5.10 Å². The van der Waals surface area contributed by atoms with Gasteiger partial charge in [0.05, 0.1) is 0 Å². The normalized spacial score (nSPS) is 15.6. The molecule has 1 aromatic heterocycles. The summed E-state index contributed by atoms with van der Waals surface area (Å²) in [6, 6.07) is 5.91. The van der Waals surface area contributed by atoms with E-state index in [1.165, 1.54) is 12.1 Å². The van der Waals surface area contributed by atoms with Crippen molar-refractivity contribution < 1.29 is 18.8 Å². The molecule has 32 heavy (non-hydrogen) atoms. The number of benzene rings is 1. The molecule has 1 aromatic carbocycles. The molecule has 9 heteroatoms. The number of hydrogen-bond donors (Lipinski definition) is 1. The van der Waals surface area contributed by atoms with Crippen molar-refractivity contribution in [3.8, 4) is 0 Å². The van der Waals surface area contributed by atoms with Gasteiger partial charge in [-0.05, 0) is 30.5 Å². The number of nitrogens with zero attached hydrogens (tertiary/aromatic N) is 4. The van der Waals surface area contributed by atoms with E-state index in [4.69, 9.17) is 0 Å². The lowest BCUT2D eigenvalue weighted by Gasteiger charge is -2.28. The van der Waals surface area contributed by atoms with Gasteiger partial charge >= 0.3 is 0 Å². The topological polar surface area (TPSA) is 87.5 Å². The van der Waals surface area contributed by atoms with Gasteiger partial charge in [-0.1, -0.05) is 12.1 Å². The molecule has 0 atom stereocenters. The van der Waals surface area contributed by atoms with E-state index in [1.807, 2.05) is 11.9 Å². The van der Waals surface area contributed by atoms with Crippen molar-refractivity contribution in [1.29, 1.82) is 0 Å². The van der Waals surface area contributed by atoms with E-state index in [0.717, 1.165) is 42.8 Å². The number of halogens is 1. The molecule has 4 rings (SSSR count). The van der Waals surface area contributed by atoms with Crippen LogP contribution in [-0.2, 0) is 36.1 Å². The van der Waals surface area contributed by atoms with Crippen LogP contribution in [0.5, 0.6) is 0 Å². The maximum Gasteiger partial charge on any atom is 0.274 e. The molecule has 3 amide bonds. The first-order valence-electron chi connectivity index (χ1n) is 11.1. The number of aryl methyl sites for hydroxylation is 1. The van der Waals surface area contributed by atoms with Gasteiger partial charge in [0, 0.05) is 70.3 Å². The van der Waals surface area contributed by atoms with E-state index in [0.29, 0.717) is 25.2 Å². The zero-order chi connectivity index (χ0) is 22.7. The molecule has 1 fully saturated rings. The monoisotopic (exact) mass is 441 g/mol. The van der Waals surface area contributed by atoms with Crippen molar-refractivity contribution >= 4 is 17.7 Å². The van der Waals surface area contributed by atoms with Crippen LogP contribution in [0.25, 0.3) is 0 Å². The first-order valence-corrected chi connectivity index (χ1v) is 11.1. The lowest BCUT2D eigenvalue weighted by Crippen LogP contribution is -2.38. The molecule has 170 valence electrons. The molecular formula is C23H28FN5O3. The van der Waals surface area contributed by atoms with Gasteiger partial charge in [0.25, 0.3) is 5.91 Å². The lowest BCUT2D eigenvalue weighted by molar-refractivity contribution is -0.134. The molecule has 2 aliphatic heterocycles. The number of fused-ring (bicyclic) bond motifs is 1. The number of carbonyl (C=O) groups excluding carboxylic acids is 3. The minimum absolute atomic E-state index is 0.0613. The zero-order valence-corrected chi connectivity index (χ0v) is 18.3. The van der Waals surface area contributed by atoms with E-state index in [1.54, 1.807) is 21.7 Å². The second-order valence-electron chi connectivity index (χ2n) is 8.37. The highest BCUT2D eigenvalue weighted by molar-refractivity contribution is 5.94. The Morgan fingerprint density at radius 3 is 2.47 bits per heavy atom. The van der Waals surface area contributed by atoms with Crippen LogP contribution in [0.2, 0.25) is 0 Å². The van der Waals surface area contributed by atoms with Gasteiger partial charge < -0.3 is 15.1 Å². The summed E-state index contributed by atoms with van der Waals surface area (Å²) in [6.07, 6.45) is 2.83. The van der Waals surface area contributed by atoms with Crippen molar-refractivity contribution in [3.63, 3.8) is 0 Å². The minimum Gasteiger partial charge on any atom is -0.352 e. The number of carbonyl (C=O) groups is 3. The molecule has 0 spiro atoms. The van der Waals surface area contributed by atoms with Crippen LogP contribution in [0.3, 0.4) is 0 Å². The summed E-state index contributed by atoms with van der Waals surface area (Å²) in [4.78, 5) is 41.3. The second kappa shape index (κ2) is 9.50. The first kappa shape index (κ1) is 22.0. The molecule has 8 nitrogen and oxygen atoms in total. The molecule has 2 aliphatic rings. The molecule has 0 bridgehead atoms. The van der Waals surface area contributed by atoms with Gasteiger partial charge in [0.1, 0.15) is 5.82 Å². The minimum atomic E-state index is -0.325. The first-order chi connectivity index (χ1) is 15.4. The smallest absolute Gasteiger partial charge is 0.274 e. The van der Waals surface area contributed by atoms with Crippen LogP contribution in [0.1, 0.15) is 53.0 Å². The van der Waals surface area contributed by atoms with Crippen molar-refractivity contribution in [2.75, 3.05) is 19.6 Å². The summed E-state index contributed by atoms with van der Waals surface area (Å²) in [6.45, 7) is 2.67. The number of aromatic nitrogens is 2. The Labute approximate surface area is 186 Å². The number of amides is 3. The Morgan fingerprint density at radius 1 is 1.03 bits per heavy atom. The molecule has 3 heterocycles. The van der Waals surface area contributed by atoms with Crippen molar-refractivity contribution in [2.24, 2.45) is 7.05 Å². The Hall–Kier alpha value is -3.23. The second-order valence-corrected chi connectivity index (χ2v) is 8.37. The Kier molecular flexibility index (Phi) is 6.53. The summed E-state index contributed by atoms with van der Waals surface area (Å²) < 4.78 is 14.7. The number of nitrogens with one attached hydrogen (secondary N) is 1. The number of hydrogen-bond acceptors (Lipinski definition) is 4. The van der Waals surface area contributed by atoms with Crippen LogP contribution >= 0.6 is 0 Å². The van der Waals surface area contributed by atoms with E-state index >= 15 is 0 Å². The van der Waals surface area contributed by atoms with Crippen molar-refractivity contribution in [1.82, 2.24) is 24.9 Å². The summed E-state index contributed by atoms with van der Waals surface area (Å²) in [5, 5.41) is 7.22. The molecule has 0 unspecified atom stereocenters. The third-order valence-electron chi connectivity index (χ3n) is 6.16. The van der Waals surface area contributed by atoms with Crippen LogP contribution in [-0.4, -0.2) is 56.9 Å². The quantitative estimate of drug-likeness (QED) is 0.740. The summed E-state index contributed by atoms with van der Waals surface area (Å²) >= 11 is 0. The summed E-state index contributed by atoms with van der Waals surface area (Å²) in [5.74, 6) is -0.731. The molecule has 0 saturated carbocycles.